The summed E-state index contributed by atoms with van der Waals surface area (Å²) in [4.78, 5) is 24.7. The average molecular weight is 499 g/mol. The Morgan fingerprint density at radius 3 is 2.53 bits per heavy atom. The highest BCUT2D eigenvalue weighted by molar-refractivity contribution is 6.32. The largest absolute Gasteiger partial charge is 0.474 e. The molecule has 1 atom stereocenters. The van der Waals surface area contributed by atoms with Crippen LogP contribution in [0.1, 0.15) is 18.2 Å². The van der Waals surface area contributed by atoms with Crippen molar-refractivity contribution >= 4 is 23.2 Å². The molecule has 0 fully saturated rings. The highest BCUT2D eigenvalue weighted by atomic mass is 35.5. The Hall–Kier alpha value is -3.73. The second-order valence-electron chi connectivity index (χ2n) is 7.17. The number of amides is 1. The Morgan fingerprint density at radius 1 is 1.21 bits per heavy atom. The van der Waals surface area contributed by atoms with Crippen molar-refractivity contribution in [3.05, 3.63) is 81.3 Å². The minimum Gasteiger partial charge on any atom is -0.474 e. The Labute approximate surface area is 196 Å². The average Bonchev–Trinajstić information content (AvgIpc) is 3.26. The molecule has 3 aromatic rings. The van der Waals surface area contributed by atoms with Crippen molar-refractivity contribution in [1.82, 2.24) is 4.90 Å². The predicted molar refractivity (Wildman–Crippen MR) is 115 cm³/mol. The van der Waals surface area contributed by atoms with E-state index >= 15 is 0 Å². The molecule has 0 N–H and O–H groups in total. The number of halogens is 4. The molecular formula is C22H18ClF3N2O6. The first-order valence-electron chi connectivity index (χ1n) is 9.72. The highest BCUT2D eigenvalue weighted by Crippen LogP contribution is 2.38. The first-order valence-corrected chi connectivity index (χ1v) is 10.1. The summed E-state index contributed by atoms with van der Waals surface area (Å²) < 4.78 is 54.8. The number of furan rings is 1. The van der Waals surface area contributed by atoms with Gasteiger partial charge in [0.15, 0.2) is 6.10 Å². The number of likely N-dealkylation sites (N-methyl/N-ethyl adjacent to an activating group) is 1. The molecule has 1 heterocycles. The zero-order valence-electron chi connectivity index (χ0n) is 17.8. The van der Waals surface area contributed by atoms with Crippen molar-refractivity contribution in [1.29, 1.82) is 0 Å². The van der Waals surface area contributed by atoms with Crippen LogP contribution in [0.4, 0.5) is 18.9 Å². The van der Waals surface area contributed by atoms with E-state index in [1.807, 2.05) is 0 Å². The van der Waals surface area contributed by atoms with Crippen molar-refractivity contribution in [2.24, 2.45) is 0 Å². The van der Waals surface area contributed by atoms with Crippen LogP contribution in [0.5, 0.6) is 17.2 Å². The molecule has 8 nitrogen and oxygen atoms in total. The number of nitro groups is 1. The third-order valence-electron chi connectivity index (χ3n) is 4.62. The molecule has 0 saturated carbocycles. The van der Waals surface area contributed by atoms with Crippen LogP contribution in [-0.2, 0) is 17.5 Å². The van der Waals surface area contributed by atoms with Gasteiger partial charge in [-0.25, -0.2) is 0 Å². The Balaban J connectivity index is 1.79. The van der Waals surface area contributed by atoms with E-state index in [4.69, 9.17) is 25.5 Å². The molecule has 12 heteroatoms. The number of hydrogen-bond donors (Lipinski definition) is 0. The van der Waals surface area contributed by atoms with E-state index < -0.39 is 34.4 Å². The van der Waals surface area contributed by atoms with E-state index in [-0.39, 0.29) is 28.8 Å². The maximum absolute atomic E-state index is 12.8. The molecule has 1 aromatic heterocycles. The Kier molecular flexibility index (Phi) is 7.35. The summed E-state index contributed by atoms with van der Waals surface area (Å²) in [7, 11) is 1.52. The molecule has 0 spiro atoms. The number of nitro benzene ring substituents is 1. The lowest BCUT2D eigenvalue weighted by atomic mass is 10.2. The summed E-state index contributed by atoms with van der Waals surface area (Å²) in [6.07, 6.45) is -4.22. The van der Waals surface area contributed by atoms with Gasteiger partial charge in [0.05, 0.1) is 28.3 Å². The van der Waals surface area contributed by atoms with Crippen LogP contribution in [0.2, 0.25) is 5.02 Å². The van der Waals surface area contributed by atoms with Crippen LogP contribution in [0.3, 0.4) is 0 Å². The molecule has 2 aromatic carbocycles. The number of rotatable bonds is 8. The molecule has 0 radical (unpaired) electrons. The van der Waals surface area contributed by atoms with Crippen molar-refractivity contribution in [3.8, 4) is 17.2 Å². The van der Waals surface area contributed by atoms with Gasteiger partial charge < -0.3 is 18.8 Å². The summed E-state index contributed by atoms with van der Waals surface area (Å²) in [5, 5.41) is 11.1. The van der Waals surface area contributed by atoms with E-state index in [1.165, 1.54) is 31.2 Å². The lowest BCUT2D eigenvalue weighted by Crippen LogP contribution is -2.37. The SMILES string of the molecule is CC(Oc1cc(Oc2ccc(C(F)(F)F)cc2Cl)ccc1[N+](=O)[O-])C(=O)N(C)Cc1ccco1. The van der Waals surface area contributed by atoms with Gasteiger partial charge in [-0.05, 0) is 43.3 Å². The number of nitrogens with zero attached hydrogens (tertiary/aromatic N) is 2. The lowest BCUT2D eigenvalue weighted by molar-refractivity contribution is -0.386. The van der Waals surface area contributed by atoms with Crippen LogP contribution in [0.25, 0.3) is 0 Å². The number of ether oxygens (including phenoxy) is 2. The topological polar surface area (TPSA) is 95.0 Å². The third-order valence-corrected chi connectivity index (χ3v) is 4.91. The molecule has 1 amide bonds. The second-order valence-corrected chi connectivity index (χ2v) is 7.57. The number of benzene rings is 2. The molecule has 3 rings (SSSR count). The maximum atomic E-state index is 12.8. The third kappa shape index (κ3) is 5.98. The summed E-state index contributed by atoms with van der Waals surface area (Å²) in [6, 6.07) is 9.36. The first kappa shape index (κ1) is 24.9. The molecule has 0 saturated heterocycles. The zero-order chi connectivity index (χ0) is 25.0. The highest BCUT2D eigenvalue weighted by Gasteiger charge is 2.31. The van der Waals surface area contributed by atoms with Gasteiger partial charge in [0.2, 0.25) is 5.75 Å². The smallest absolute Gasteiger partial charge is 0.416 e. The van der Waals surface area contributed by atoms with Crippen molar-refractivity contribution in [2.75, 3.05) is 7.05 Å². The quantitative estimate of drug-likeness (QED) is 0.276. The monoisotopic (exact) mass is 498 g/mol. The van der Waals surface area contributed by atoms with Crippen molar-refractivity contribution in [3.63, 3.8) is 0 Å². The van der Waals surface area contributed by atoms with Gasteiger partial charge in [-0.15, -0.1) is 0 Å². The van der Waals surface area contributed by atoms with Gasteiger partial charge in [-0.3, -0.25) is 14.9 Å². The van der Waals surface area contributed by atoms with Crippen LogP contribution >= 0.6 is 11.6 Å². The number of hydrogen-bond acceptors (Lipinski definition) is 6. The molecule has 180 valence electrons. The van der Waals surface area contributed by atoms with Crippen molar-refractivity contribution < 1.29 is 36.8 Å². The van der Waals surface area contributed by atoms with E-state index in [1.54, 1.807) is 12.1 Å². The minimum atomic E-state index is -4.58. The summed E-state index contributed by atoms with van der Waals surface area (Å²) in [6.45, 7) is 1.59. The fourth-order valence-electron chi connectivity index (χ4n) is 2.96. The Morgan fingerprint density at radius 2 is 1.94 bits per heavy atom. The van der Waals surface area contributed by atoms with Gasteiger partial charge in [0.25, 0.3) is 5.91 Å². The first-order chi connectivity index (χ1) is 16.0. The molecule has 1 unspecified atom stereocenters. The van der Waals surface area contributed by atoms with Gasteiger partial charge in [-0.2, -0.15) is 13.2 Å². The molecule has 34 heavy (non-hydrogen) atoms. The standard InChI is InChI=1S/C22H18ClF3N2O6/c1-13(21(29)27(2)12-16-4-3-9-32-16)33-20-11-15(6-7-18(20)28(30)31)34-19-8-5-14(10-17(19)23)22(24,25)26/h3-11,13H,12H2,1-2H3. The van der Waals surface area contributed by atoms with E-state index in [0.717, 1.165) is 24.3 Å². The molecule has 0 aliphatic rings. The Bertz CT molecular complexity index is 1180. The summed E-state index contributed by atoms with van der Waals surface area (Å²) in [5.74, 6) is -0.291. The minimum absolute atomic E-state index is 0.00541. The van der Waals surface area contributed by atoms with E-state index in [9.17, 15) is 28.1 Å². The van der Waals surface area contributed by atoms with Gasteiger partial charge >= 0.3 is 11.9 Å². The van der Waals surface area contributed by atoms with Gasteiger partial charge in [0, 0.05) is 19.2 Å². The fraction of sp³-hybridized carbons (Fsp3) is 0.227. The number of carbonyl (C=O) groups is 1. The van der Waals surface area contributed by atoms with E-state index in [0.29, 0.717) is 11.8 Å². The van der Waals surface area contributed by atoms with Crippen molar-refractivity contribution in [2.45, 2.75) is 25.7 Å². The summed E-state index contributed by atoms with van der Waals surface area (Å²) >= 11 is 5.90. The molecule has 0 bridgehead atoms. The lowest BCUT2D eigenvalue weighted by Gasteiger charge is -2.21. The van der Waals surface area contributed by atoms with Crippen LogP contribution < -0.4 is 9.47 Å². The van der Waals surface area contributed by atoms with Crippen LogP contribution in [-0.4, -0.2) is 28.9 Å². The van der Waals surface area contributed by atoms with E-state index in [2.05, 4.69) is 0 Å². The molecule has 0 aliphatic heterocycles. The molecule has 0 aliphatic carbocycles. The maximum Gasteiger partial charge on any atom is 0.416 e. The second kappa shape index (κ2) is 10.0. The number of alkyl halides is 3. The normalized spacial score (nSPS) is 12.2. The van der Waals surface area contributed by atoms with Gasteiger partial charge in [0.1, 0.15) is 17.3 Å². The molecular weight excluding hydrogens is 481 g/mol. The van der Waals surface area contributed by atoms with Gasteiger partial charge in [-0.1, -0.05) is 11.6 Å². The van der Waals surface area contributed by atoms with Crippen LogP contribution in [0.15, 0.2) is 59.2 Å². The zero-order valence-corrected chi connectivity index (χ0v) is 18.6. The fourth-order valence-corrected chi connectivity index (χ4v) is 3.17. The summed E-state index contributed by atoms with van der Waals surface area (Å²) in [5.41, 5.74) is -1.39. The van der Waals surface area contributed by atoms with Crippen LogP contribution in [0, 0.1) is 10.1 Å². The predicted octanol–water partition coefficient (Wildman–Crippen LogP) is 6.08. The number of carbonyl (C=O) groups excluding carboxylic acids is 1.